The summed E-state index contributed by atoms with van der Waals surface area (Å²) in [6, 6.07) is 4.13. The summed E-state index contributed by atoms with van der Waals surface area (Å²) in [5, 5.41) is 33.3. The van der Waals surface area contributed by atoms with Gasteiger partial charge in [-0.25, -0.2) is 19.6 Å². The molecule has 4 N–H and O–H groups in total. The van der Waals surface area contributed by atoms with Crippen molar-refractivity contribution in [2.45, 2.75) is 77.1 Å². The Morgan fingerprint density at radius 1 is 1.16 bits per heavy atom. The molecule has 0 aliphatic carbocycles. The monoisotopic (exact) mass is 600 g/mol. The van der Waals surface area contributed by atoms with Crippen LogP contribution in [0.1, 0.15) is 64.1 Å². The summed E-state index contributed by atoms with van der Waals surface area (Å²) in [7, 11) is 0. The van der Waals surface area contributed by atoms with Gasteiger partial charge in [0, 0.05) is 36.0 Å². The van der Waals surface area contributed by atoms with Crippen LogP contribution in [0.5, 0.6) is 0 Å². The number of likely N-dealkylation sites (tertiary alicyclic amines) is 1. The van der Waals surface area contributed by atoms with Crippen molar-refractivity contribution in [3.05, 3.63) is 42.1 Å². The maximum absolute atomic E-state index is 12.8. The number of nitrogens with zero attached hydrogens (tertiary/aromatic N) is 5. The first-order chi connectivity index (χ1) is 20.3. The fourth-order valence-corrected chi connectivity index (χ4v) is 5.71. The van der Waals surface area contributed by atoms with Crippen molar-refractivity contribution in [2.75, 3.05) is 36.7 Å². The summed E-state index contributed by atoms with van der Waals surface area (Å²) in [4.78, 5) is 56.3. The molecule has 2 aromatic heterocycles. The molecule has 2 aliphatic heterocycles. The third-order valence-corrected chi connectivity index (χ3v) is 8.39. The van der Waals surface area contributed by atoms with Crippen LogP contribution >= 0.6 is 0 Å². The van der Waals surface area contributed by atoms with E-state index in [0.29, 0.717) is 31.7 Å². The van der Waals surface area contributed by atoms with Crippen LogP contribution in [0.2, 0.25) is 0 Å². The molecular weight excluding hydrogens is 560 g/mol. The lowest BCUT2D eigenvalue weighted by Crippen LogP contribution is -2.46. The number of pyridine rings is 1. The quantitative estimate of drug-likeness (QED) is 0.247. The van der Waals surface area contributed by atoms with E-state index in [9.17, 15) is 24.6 Å². The van der Waals surface area contributed by atoms with Crippen LogP contribution in [0.25, 0.3) is 0 Å². The first kappa shape index (κ1) is 32.0. The molecule has 0 saturated carbocycles. The first-order valence-corrected chi connectivity index (χ1v) is 14.3. The van der Waals surface area contributed by atoms with Crippen molar-refractivity contribution < 1.29 is 39.3 Å². The van der Waals surface area contributed by atoms with Crippen LogP contribution in [-0.4, -0.2) is 91.1 Å². The first-order valence-electron chi connectivity index (χ1n) is 14.3. The average molecular weight is 601 g/mol. The van der Waals surface area contributed by atoms with E-state index in [1.54, 1.807) is 0 Å². The molecule has 234 valence electrons. The number of aryl methyl sites for hydroxylation is 1. The Bertz CT molecular complexity index is 1320. The highest BCUT2D eigenvalue weighted by Crippen LogP contribution is 2.43. The molecule has 4 rings (SSSR count). The fourth-order valence-electron chi connectivity index (χ4n) is 5.71. The number of hydroxylamine groups is 1. The van der Waals surface area contributed by atoms with Gasteiger partial charge in [-0.1, -0.05) is 6.07 Å². The van der Waals surface area contributed by atoms with Crippen molar-refractivity contribution >= 4 is 29.4 Å². The predicted octanol–water partition coefficient (Wildman–Crippen LogP) is 2.32. The van der Waals surface area contributed by atoms with Crippen LogP contribution in [0.3, 0.4) is 0 Å². The molecule has 0 radical (unpaired) electrons. The molecule has 0 spiro atoms. The van der Waals surface area contributed by atoms with Gasteiger partial charge in [0.2, 0.25) is 0 Å². The van der Waals surface area contributed by atoms with Gasteiger partial charge >= 0.3 is 17.9 Å². The van der Waals surface area contributed by atoms with Gasteiger partial charge in [-0.3, -0.25) is 14.7 Å². The maximum Gasteiger partial charge on any atom is 0.336 e. The number of aliphatic hydroxyl groups is 1. The Morgan fingerprint density at radius 2 is 1.93 bits per heavy atom. The maximum atomic E-state index is 12.8. The Balaban J connectivity index is 1.50. The fraction of sp³-hybridized carbons (Fsp3) is 0.586. The number of aliphatic carboxylic acids is 2. The van der Waals surface area contributed by atoms with Gasteiger partial charge < -0.3 is 30.2 Å². The highest BCUT2D eigenvalue weighted by Gasteiger charge is 2.46. The summed E-state index contributed by atoms with van der Waals surface area (Å²) in [5.41, 5.74) is -0.687. The van der Waals surface area contributed by atoms with E-state index >= 15 is 0 Å². The van der Waals surface area contributed by atoms with E-state index in [-0.39, 0.29) is 16.8 Å². The molecule has 2 unspecified atom stereocenters. The highest BCUT2D eigenvalue weighted by molar-refractivity contribution is 5.89. The molecular formula is C29H40N6O8. The number of aromatic nitrogens is 3. The van der Waals surface area contributed by atoms with Crippen LogP contribution in [0.15, 0.2) is 30.9 Å². The summed E-state index contributed by atoms with van der Waals surface area (Å²) >= 11 is 0. The Morgan fingerprint density at radius 3 is 2.58 bits per heavy atom. The van der Waals surface area contributed by atoms with E-state index in [0.717, 1.165) is 30.8 Å². The van der Waals surface area contributed by atoms with Crippen molar-refractivity contribution in [1.82, 2.24) is 19.9 Å². The summed E-state index contributed by atoms with van der Waals surface area (Å²) in [6.07, 6.45) is 4.01. The molecule has 14 heteroatoms. The molecule has 2 aromatic rings. The number of hydrogen-bond acceptors (Lipinski definition) is 12. The zero-order valence-corrected chi connectivity index (χ0v) is 24.9. The Kier molecular flexibility index (Phi) is 9.52. The van der Waals surface area contributed by atoms with Gasteiger partial charge in [0.25, 0.3) is 0 Å². The molecule has 1 fully saturated rings. The number of carbonyl (C=O) groups is 3. The van der Waals surface area contributed by atoms with Gasteiger partial charge in [-0.05, 0) is 65.1 Å². The van der Waals surface area contributed by atoms with Crippen LogP contribution < -0.4 is 10.4 Å². The van der Waals surface area contributed by atoms with Crippen LogP contribution in [-0.2, 0) is 29.5 Å². The van der Waals surface area contributed by atoms with Gasteiger partial charge in [0.1, 0.15) is 18.2 Å². The number of carboxylic acid groups (broad SMARTS) is 2. The molecule has 43 heavy (non-hydrogen) atoms. The third kappa shape index (κ3) is 7.20. The predicted molar refractivity (Wildman–Crippen MR) is 154 cm³/mol. The van der Waals surface area contributed by atoms with Gasteiger partial charge in [0.05, 0.1) is 25.6 Å². The largest absolute Gasteiger partial charge is 0.481 e. The average Bonchev–Trinajstić information content (AvgIpc) is 3.53. The smallest absolute Gasteiger partial charge is 0.336 e. The molecule has 2 aliphatic rings. The van der Waals surface area contributed by atoms with Crippen molar-refractivity contribution in [3.63, 3.8) is 0 Å². The van der Waals surface area contributed by atoms with Gasteiger partial charge in [0.15, 0.2) is 11.4 Å². The third-order valence-electron chi connectivity index (χ3n) is 8.39. The molecule has 0 amide bonds. The SMILES string of the molecule is CCOCC1(CC[C@@H]2Nc3cncnc3N2OC(=O)CC(O)(CC(=O)O)C(=O)O)CCN(C(C)(C)c2ccc(C)nc2)C1. The van der Waals surface area contributed by atoms with Crippen LogP contribution in [0, 0.1) is 12.3 Å². The number of anilines is 2. The van der Waals surface area contributed by atoms with E-state index in [4.69, 9.17) is 14.7 Å². The number of hydrogen-bond donors (Lipinski definition) is 4. The molecule has 0 aromatic carbocycles. The van der Waals surface area contributed by atoms with E-state index in [1.165, 1.54) is 17.6 Å². The number of ether oxygens (including phenoxy) is 1. The minimum Gasteiger partial charge on any atom is -0.481 e. The second-order valence-electron chi connectivity index (χ2n) is 11.9. The highest BCUT2D eigenvalue weighted by atomic mass is 16.7. The lowest BCUT2D eigenvalue weighted by molar-refractivity contribution is -0.172. The summed E-state index contributed by atoms with van der Waals surface area (Å²) < 4.78 is 5.97. The molecule has 1 saturated heterocycles. The lowest BCUT2D eigenvalue weighted by Gasteiger charge is -2.38. The van der Waals surface area contributed by atoms with Crippen LogP contribution in [0.4, 0.5) is 11.5 Å². The summed E-state index contributed by atoms with van der Waals surface area (Å²) in [6.45, 7) is 11.0. The number of carbonyl (C=O) groups excluding carboxylic acids is 1. The van der Waals surface area contributed by atoms with E-state index in [2.05, 4.69) is 45.1 Å². The standard InChI is InChI=1S/C29H40N6O8/c1-5-42-17-28(10-11-34(16-28)27(3,4)20-7-6-19(2)31-14-20)9-8-22-33-21-15-30-18-32-25(21)35(22)43-24(38)13-29(41,26(39)40)12-23(36)37/h6-7,14-15,18,22,33,41H,5,8-13,16-17H2,1-4H3,(H,36,37)(H,39,40)/t22-,28?,29?/m1/s1. The molecule has 14 nitrogen and oxygen atoms in total. The van der Waals surface area contributed by atoms with E-state index < -0.39 is 42.5 Å². The van der Waals surface area contributed by atoms with Crippen molar-refractivity contribution in [1.29, 1.82) is 0 Å². The normalized spacial score (nSPS) is 21.6. The number of fused-ring (bicyclic) bond motifs is 1. The Hall–Kier alpha value is -3.88. The number of rotatable bonds is 14. The lowest BCUT2D eigenvalue weighted by atomic mass is 9.82. The topological polar surface area (TPSA) is 188 Å². The second-order valence-corrected chi connectivity index (χ2v) is 11.9. The zero-order chi connectivity index (χ0) is 31.4. The van der Waals surface area contributed by atoms with Gasteiger partial charge in [-0.15, -0.1) is 0 Å². The number of carboxylic acids is 2. The van der Waals surface area contributed by atoms with Crippen molar-refractivity contribution in [3.8, 4) is 0 Å². The summed E-state index contributed by atoms with van der Waals surface area (Å²) in [5.74, 6) is -4.25. The second kappa shape index (κ2) is 12.8. The number of nitrogens with one attached hydrogen (secondary N) is 1. The molecule has 0 bridgehead atoms. The Labute approximate surface area is 250 Å². The van der Waals surface area contributed by atoms with E-state index in [1.807, 2.05) is 26.1 Å². The molecule has 3 atom stereocenters. The zero-order valence-electron chi connectivity index (χ0n) is 24.9. The minimum atomic E-state index is -2.82. The van der Waals surface area contributed by atoms with Crippen molar-refractivity contribution in [2.24, 2.45) is 5.41 Å². The molecule has 4 heterocycles. The van der Waals surface area contributed by atoms with Gasteiger partial charge in [-0.2, -0.15) is 5.06 Å². The minimum absolute atomic E-state index is 0.200.